The van der Waals surface area contributed by atoms with Gasteiger partial charge in [-0.25, -0.2) is 0 Å². The molecule has 0 bridgehead atoms. The Morgan fingerprint density at radius 2 is 2.00 bits per heavy atom. The Morgan fingerprint density at radius 3 is 2.36 bits per heavy atom. The van der Waals surface area contributed by atoms with Crippen LogP contribution in [-0.4, -0.2) is 41.5 Å². The Labute approximate surface area is 90.8 Å². The van der Waals surface area contributed by atoms with Gasteiger partial charge in [0.15, 0.2) is 0 Å². The van der Waals surface area contributed by atoms with Crippen LogP contribution in [0.2, 0.25) is 0 Å². The van der Waals surface area contributed by atoms with Gasteiger partial charge in [-0.15, -0.1) is 0 Å². The molecule has 0 saturated heterocycles. The molecule has 0 aliphatic heterocycles. The highest BCUT2D eigenvalue weighted by Gasteiger charge is 2.22. The minimum atomic E-state index is -0.216. The zero-order chi connectivity index (χ0) is 11.3. The molecule has 4 nitrogen and oxygen atoms in total. The van der Waals surface area contributed by atoms with E-state index in [2.05, 4.69) is 5.32 Å². The van der Waals surface area contributed by atoms with Crippen LogP contribution in [0.15, 0.2) is 0 Å². The molecule has 0 aliphatic rings. The van der Waals surface area contributed by atoms with Gasteiger partial charge in [0.1, 0.15) is 0 Å². The molecule has 0 aromatic carbocycles. The SMILES string of the molecule is CCNC(=O)C(C)N(C)C(C)C(N)=S. The van der Waals surface area contributed by atoms with Gasteiger partial charge in [-0.2, -0.15) is 0 Å². The van der Waals surface area contributed by atoms with E-state index < -0.39 is 0 Å². The number of hydrogen-bond acceptors (Lipinski definition) is 3. The largest absolute Gasteiger partial charge is 0.392 e. The summed E-state index contributed by atoms with van der Waals surface area (Å²) in [6, 6.07) is -0.283. The van der Waals surface area contributed by atoms with Gasteiger partial charge in [0.05, 0.1) is 17.1 Å². The van der Waals surface area contributed by atoms with Crippen LogP contribution < -0.4 is 11.1 Å². The maximum atomic E-state index is 11.5. The highest BCUT2D eigenvalue weighted by Crippen LogP contribution is 2.02. The number of rotatable bonds is 5. The zero-order valence-corrected chi connectivity index (χ0v) is 10.0. The van der Waals surface area contributed by atoms with Crippen LogP contribution in [0.1, 0.15) is 20.8 Å². The molecule has 0 rings (SSSR count). The van der Waals surface area contributed by atoms with Crippen molar-refractivity contribution in [2.75, 3.05) is 13.6 Å². The van der Waals surface area contributed by atoms with Crippen molar-refractivity contribution < 1.29 is 4.79 Å². The van der Waals surface area contributed by atoms with Crippen molar-refractivity contribution in [3.8, 4) is 0 Å². The number of likely N-dealkylation sites (N-methyl/N-ethyl adjacent to an activating group) is 2. The van der Waals surface area contributed by atoms with Gasteiger partial charge in [0.2, 0.25) is 5.91 Å². The first kappa shape index (κ1) is 13.3. The number of thiocarbonyl (C=S) groups is 1. The van der Waals surface area contributed by atoms with Crippen molar-refractivity contribution in [2.24, 2.45) is 5.73 Å². The highest BCUT2D eigenvalue weighted by atomic mass is 32.1. The molecule has 0 saturated carbocycles. The van der Waals surface area contributed by atoms with Gasteiger partial charge in [0.25, 0.3) is 0 Å². The molecule has 0 aromatic rings. The van der Waals surface area contributed by atoms with Crippen LogP contribution >= 0.6 is 12.2 Å². The van der Waals surface area contributed by atoms with Gasteiger partial charge >= 0.3 is 0 Å². The third kappa shape index (κ3) is 3.59. The first-order chi connectivity index (χ1) is 6.41. The second-order valence-corrected chi connectivity index (χ2v) is 3.79. The number of nitrogens with one attached hydrogen (secondary N) is 1. The van der Waals surface area contributed by atoms with Crippen LogP contribution in [0.25, 0.3) is 0 Å². The average Bonchev–Trinajstić information content (AvgIpc) is 2.14. The quantitative estimate of drug-likeness (QED) is 0.642. The molecule has 0 aromatic heterocycles. The summed E-state index contributed by atoms with van der Waals surface area (Å²) >= 11 is 4.87. The summed E-state index contributed by atoms with van der Waals surface area (Å²) in [5, 5.41) is 2.76. The molecule has 82 valence electrons. The molecule has 0 spiro atoms. The molecule has 1 amide bonds. The van der Waals surface area contributed by atoms with Crippen molar-refractivity contribution in [3.63, 3.8) is 0 Å². The Bertz CT molecular complexity index is 220. The molecule has 0 heterocycles. The highest BCUT2D eigenvalue weighted by molar-refractivity contribution is 7.80. The summed E-state index contributed by atoms with van der Waals surface area (Å²) in [6.45, 7) is 6.25. The first-order valence-corrected chi connectivity index (χ1v) is 5.11. The number of carbonyl (C=O) groups excluding carboxylic acids is 1. The van der Waals surface area contributed by atoms with E-state index in [9.17, 15) is 4.79 Å². The van der Waals surface area contributed by atoms with Crippen LogP contribution in [0.4, 0.5) is 0 Å². The fraction of sp³-hybridized carbons (Fsp3) is 0.778. The van der Waals surface area contributed by atoms with Crippen molar-refractivity contribution in [3.05, 3.63) is 0 Å². The zero-order valence-electron chi connectivity index (χ0n) is 9.20. The van der Waals surface area contributed by atoms with Crippen molar-refractivity contribution in [1.29, 1.82) is 0 Å². The predicted molar refractivity (Wildman–Crippen MR) is 62.2 cm³/mol. The van der Waals surface area contributed by atoms with Crippen LogP contribution in [0.5, 0.6) is 0 Å². The summed E-state index contributed by atoms with van der Waals surface area (Å²) in [7, 11) is 1.84. The average molecular weight is 217 g/mol. The molecule has 14 heavy (non-hydrogen) atoms. The molecule has 2 unspecified atom stereocenters. The van der Waals surface area contributed by atoms with E-state index in [1.165, 1.54) is 0 Å². The van der Waals surface area contributed by atoms with Crippen molar-refractivity contribution >= 4 is 23.1 Å². The summed E-state index contributed by atoms with van der Waals surface area (Å²) in [6.07, 6.45) is 0. The van der Waals surface area contributed by atoms with E-state index in [1.54, 1.807) is 0 Å². The molecular formula is C9H19N3OS. The molecule has 0 aliphatic carbocycles. The van der Waals surface area contributed by atoms with E-state index >= 15 is 0 Å². The van der Waals surface area contributed by atoms with Gasteiger partial charge in [-0.1, -0.05) is 12.2 Å². The lowest BCUT2D eigenvalue weighted by atomic mass is 10.2. The Balaban J connectivity index is 4.30. The van der Waals surface area contributed by atoms with Gasteiger partial charge < -0.3 is 11.1 Å². The minimum Gasteiger partial charge on any atom is -0.392 e. The number of carbonyl (C=O) groups is 1. The van der Waals surface area contributed by atoms with Crippen molar-refractivity contribution in [1.82, 2.24) is 10.2 Å². The van der Waals surface area contributed by atoms with Gasteiger partial charge in [0, 0.05) is 6.54 Å². The summed E-state index contributed by atoms with van der Waals surface area (Å²) in [5.41, 5.74) is 5.51. The van der Waals surface area contributed by atoms with E-state index in [0.717, 1.165) is 0 Å². The third-order valence-corrected chi connectivity index (χ3v) is 2.71. The summed E-state index contributed by atoms with van der Waals surface area (Å²) in [4.78, 5) is 13.7. The third-order valence-electron chi connectivity index (χ3n) is 2.36. The van der Waals surface area contributed by atoms with E-state index in [4.69, 9.17) is 18.0 Å². The lowest BCUT2D eigenvalue weighted by molar-refractivity contribution is -0.125. The van der Waals surface area contributed by atoms with Gasteiger partial charge in [-0.05, 0) is 27.8 Å². The Morgan fingerprint density at radius 1 is 1.50 bits per heavy atom. The Kier molecular flexibility index (Phi) is 5.64. The molecular weight excluding hydrogens is 198 g/mol. The lowest BCUT2D eigenvalue weighted by Gasteiger charge is -2.28. The maximum absolute atomic E-state index is 11.5. The van der Waals surface area contributed by atoms with Crippen LogP contribution in [0, 0.1) is 0 Å². The van der Waals surface area contributed by atoms with E-state index in [0.29, 0.717) is 11.5 Å². The minimum absolute atomic E-state index is 0.00176. The molecule has 2 atom stereocenters. The normalized spacial score (nSPS) is 14.9. The number of nitrogens with zero attached hydrogens (tertiary/aromatic N) is 1. The second-order valence-electron chi connectivity index (χ2n) is 3.31. The predicted octanol–water partition coefficient (Wildman–Crippen LogP) is 0.117. The Hall–Kier alpha value is -0.680. The molecule has 3 N–H and O–H groups in total. The summed E-state index contributed by atoms with van der Waals surface area (Å²) < 4.78 is 0. The lowest BCUT2D eigenvalue weighted by Crippen LogP contribution is -2.50. The standard InChI is InChI=1S/C9H19N3OS/c1-5-11-9(13)7(3)12(4)6(2)8(10)14/h6-7H,5H2,1-4H3,(H2,10,14)(H,11,13). The summed E-state index contributed by atoms with van der Waals surface area (Å²) in [5.74, 6) is -0.00176. The van der Waals surface area contributed by atoms with Crippen LogP contribution in [0.3, 0.4) is 0 Å². The fourth-order valence-electron chi connectivity index (χ4n) is 1.04. The maximum Gasteiger partial charge on any atom is 0.237 e. The first-order valence-electron chi connectivity index (χ1n) is 4.70. The molecule has 5 heteroatoms. The van der Waals surface area contributed by atoms with Crippen molar-refractivity contribution in [2.45, 2.75) is 32.9 Å². The van der Waals surface area contributed by atoms with Crippen LogP contribution in [-0.2, 0) is 4.79 Å². The monoisotopic (exact) mass is 217 g/mol. The number of amides is 1. The van der Waals surface area contributed by atoms with Gasteiger partial charge in [-0.3, -0.25) is 9.69 Å². The van der Waals surface area contributed by atoms with E-state index in [-0.39, 0.29) is 18.0 Å². The van der Waals surface area contributed by atoms with E-state index in [1.807, 2.05) is 32.7 Å². The smallest absolute Gasteiger partial charge is 0.237 e. The molecule has 0 radical (unpaired) electrons. The number of hydrogen-bond donors (Lipinski definition) is 2. The second kappa shape index (κ2) is 5.93. The topological polar surface area (TPSA) is 58.4 Å². The molecule has 0 fully saturated rings. The fourth-order valence-corrected chi connectivity index (χ4v) is 1.21. The number of nitrogens with two attached hydrogens (primary N) is 1.